The van der Waals surface area contributed by atoms with Gasteiger partial charge in [-0.25, -0.2) is 4.79 Å². The summed E-state index contributed by atoms with van der Waals surface area (Å²) >= 11 is 0. The molecule has 1 N–H and O–H groups in total. The number of carbonyl (C=O) groups excluding carboxylic acids is 1. The van der Waals surface area contributed by atoms with Crippen LogP contribution in [-0.4, -0.2) is 29.9 Å². The molecule has 1 amide bonds. The summed E-state index contributed by atoms with van der Waals surface area (Å²) < 4.78 is 10.4. The van der Waals surface area contributed by atoms with Crippen LogP contribution in [0.4, 0.5) is 4.79 Å². The Balaban J connectivity index is 1.72. The minimum Gasteiger partial charge on any atom is -0.444 e. The van der Waals surface area contributed by atoms with Crippen LogP contribution in [0.25, 0.3) is 0 Å². The zero-order valence-corrected chi connectivity index (χ0v) is 8.87. The van der Waals surface area contributed by atoms with Crippen molar-refractivity contribution in [3.05, 3.63) is 0 Å². The quantitative estimate of drug-likeness (QED) is 0.650. The summed E-state index contributed by atoms with van der Waals surface area (Å²) in [6.45, 7) is 5.59. The minimum atomic E-state index is -0.415. The van der Waals surface area contributed by atoms with Crippen LogP contribution >= 0.6 is 0 Å². The molecule has 0 radical (unpaired) electrons. The number of epoxide rings is 1. The van der Waals surface area contributed by atoms with Crippen molar-refractivity contribution < 1.29 is 14.3 Å². The molecule has 2 fully saturated rings. The zero-order valence-electron chi connectivity index (χ0n) is 8.87. The molecule has 4 heteroatoms. The predicted octanol–water partition coefficient (Wildman–Crippen LogP) is 1.44. The summed E-state index contributed by atoms with van der Waals surface area (Å²) in [7, 11) is 0. The largest absolute Gasteiger partial charge is 0.444 e. The van der Waals surface area contributed by atoms with E-state index < -0.39 is 5.60 Å². The van der Waals surface area contributed by atoms with Crippen molar-refractivity contribution in [2.45, 2.75) is 57.5 Å². The molecule has 0 aromatic carbocycles. The number of ether oxygens (including phenoxy) is 2. The first-order chi connectivity index (χ1) is 6.44. The molecule has 1 unspecified atom stereocenters. The Morgan fingerprint density at radius 2 is 1.93 bits per heavy atom. The Hall–Kier alpha value is -0.770. The van der Waals surface area contributed by atoms with Gasteiger partial charge in [-0.15, -0.1) is 0 Å². The van der Waals surface area contributed by atoms with Crippen LogP contribution in [-0.2, 0) is 9.47 Å². The maximum Gasteiger partial charge on any atom is 0.407 e. The molecule has 1 aliphatic carbocycles. The standard InChI is InChI=1S/C10H17NO3/c1-10(2,3)14-9(12)11-6-4-7-8(5-6)13-7/h6-8H,4-5H2,1-3H3,(H,11,12)/t6-,7+,8?/m1/s1. The predicted molar refractivity (Wildman–Crippen MR) is 51.1 cm³/mol. The van der Waals surface area contributed by atoms with E-state index in [2.05, 4.69) is 5.32 Å². The number of fused-ring (bicyclic) bond motifs is 1. The van der Waals surface area contributed by atoms with E-state index in [1.807, 2.05) is 20.8 Å². The van der Waals surface area contributed by atoms with Gasteiger partial charge in [0, 0.05) is 6.04 Å². The molecule has 3 atom stereocenters. The van der Waals surface area contributed by atoms with Crippen molar-refractivity contribution in [2.24, 2.45) is 0 Å². The third kappa shape index (κ3) is 2.38. The highest BCUT2D eigenvalue weighted by molar-refractivity contribution is 5.68. The van der Waals surface area contributed by atoms with Gasteiger partial charge in [0.05, 0.1) is 12.2 Å². The summed E-state index contributed by atoms with van der Waals surface area (Å²) in [5.74, 6) is 0. The molecule has 1 saturated carbocycles. The van der Waals surface area contributed by atoms with Crippen LogP contribution < -0.4 is 5.32 Å². The Bertz CT molecular complexity index is 236. The van der Waals surface area contributed by atoms with Crippen molar-refractivity contribution in [1.29, 1.82) is 0 Å². The molecule has 1 heterocycles. The van der Waals surface area contributed by atoms with Gasteiger partial charge in [-0.3, -0.25) is 0 Å². The first-order valence-electron chi connectivity index (χ1n) is 5.09. The number of hydrogen-bond donors (Lipinski definition) is 1. The Morgan fingerprint density at radius 3 is 2.43 bits per heavy atom. The second-order valence-corrected chi connectivity index (χ2v) is 5.03. The number of carbonyl (C=O) groups is 1. The van der Waals surface area contributed by atoms with Gasteiger partial charge in [0.25, 0.3) is 0 Å². The molecule has 14 heavy (non-hydrogen) atoms. The Labute approximate surface area is 84.0 Å². The Morgan fingerprint density at radius 1 is 1.36 bits per heavy atom. The van der Waals surface area contributed by atoms with E-state index in [4.69, 9.17) is 9.47 Å². The summed E-state index contributed by atoms with van der Waals surface area (Å²) in [4.78, 5) is 11.4. The molecular formula is C10H17NO3. The number of amides is 1. The molecule has 1 saturated heterocycles. The van der Waals surface area contributed by atoms with E-state index in [-0.39, 0.29) is 12.1 Å². The third-order valence-corrected chi connectivity index (χ3v) is 2.44. The van der Waals surface area contributed by atoms with Crippen LogP contribution in [0.5, 0.6) is 0 Å². The van der Waals surface area contributed by atoms with Crippen molar-refractivity contribution in [3.63, 3.8) is 0 Å². The molecule has 4 nitrogen and oxygen atoms in total. The lowest BCUT2D eigenvalue weighted by Crippen LogP contribution is -2.38. The van der Waals surface area contributed by atoms with Crippen molar-refractivity contribution in [3.8, 4) is 0 Å². The van der Waals surface area contributed by atoms with Crippen LogP contribution in [0, 0.1) is 0 Å². The highest BCUT2D eigenvalue weighted by Gasteiger charge is 2.48. The second-order valence-electron chi connectivity index (χ2n) is 5.03. The lowest BCUT2D eigenvalue weighted by Gasteiger charge is -2.22. The summed E-state index contributed by atoms with van der Waals surface area (Å²) in [6.07, 6.45) is 2.35. The molecule has 0 bridgehead atoms. The number of rotatable bonds is 1. The summed E-state index contributed by atoms with van der Waals surface area (Å²) in [5.41, 5.74) is -0.415. The van der Waals surface area contributed by atoms with Crippen molar-refractivity contribution >= 4 is 6.09 Å². The zero-order chi connectivity index (χ0) is 10.3. The SMILES string of the molecule is CC(C)(C)OC(=O)N[C@H]1CC2O[C@H]2C1. The lowest BCUT2D eigenvalue weighted by molar-refractivity contribution is 0.0496. The van der Waals surface area contributed by atoms with Gasteiger partial charge in [-0.05, 0) is 33.6 Å². The van der Waals surface area contributed by atoms with Crippen LogP contribution in [0.2, 0.25) is 0 Å². The first kappa shape index (κ1) is 9.77. The molecule has 0 aromatic rings. The fourth-order valence-corrected chi connectivity index (χ4v) is 1.84. The highest BCUT2D eigenvalue weighted by atomic mass is 16.6. The molecular weight excluding hydrogens is 182 g/mol. The summed E-state index contributed by atoms with van der Waals surface area (Å²) in [5, 5.41) is 2.86. The van der Waals surface area contributed by atoms with Gasteiger partial charge in [0.1, 0.15) is 5.60 Å². The molecule has 2 rings (SSSR count). The summed E-state index contributed by atoms with van der Waals surface area (Å²) in [6, 6.07) is 0.244. The number of hydrogen-bond acceptors (Lipinski definition) is 3. The topological polar surface area (TPSA) is 50.9 Å². The monoisotopic (exact) mass is 199 g/mol. The van der Waals surface area contributed by atoms with E-state index >= 15 is 0 Å². The van der Waals surface area contributed by atoms with Crippen LogP contribution in [0.1, 0.15) is 33.6 Å². The molecule has 0 spiro atoms. The average molecular weight is 199 g/mol. The normalized spacial score (nSPS) is 34.9. The first-order valence-corrected chi connectivity index (χ1v) is 5.09. The van der Waals surface area contributed by atoms with E-state index in [0.717, 1.165) is 12.8 Å². The fraction of sp³-hybridized carbons (Fsp3) is 0.900. The minimum absolute atomic E-state index is 0.244. The smallest absolute Gasteiger partial charge is 0.407 e. The average Bonchev–Trinajstić information content (AvgIpc) is 2.54. The number of alkyl carbamates (subject to hydrolysis) is 1. The molecule has 0 aromatic heterocycles. The maximum atomic E-state index is 11.4. The molecule has 1 aliphatic heterocycles. The maximum absolute atomic E-state index is 11.4. The van der Waals surface area contributed by atoms with Crippen molar-refractivity contribution in [1.82, 2.24) is 5.32 Å². The van der Waals surface area contributed by atoms with E-state index in [1.54, 1.807) is 0 Å². The fourth-order valence-electron chi connectivity index (χ4n) is 1.84. The van der Waals surface area contributed by atoms with Gasteiger partial charge in [-0.1, -0.05) is 0 Å². The second kappa shape index (κ2) is 3.12. The Kier molecular flexibility index (Phi) is 2.18. The highest BCUT2D eigenvalue weighted by Crippen LogP contribution is 2.38. The van der Waals surface area contributed by atoms with E-state index in [0.29, 0.717) is 12.2 Å². The lowest BCUT2D eigenvalue weighted by atomic mass is 10.2. The van der Waals surface area contributed by atoms with Gasteiger partial charge in [-0.2, -0.15) is 0 Å². The van der Waals surface area contributed by atoms with Gasteiger partial charge < -0.3 is 14.8 Å². The number of nitrogens with one attached hydrogen (secondary N) is 1. The van der Waals surface area contributed by atoms with Crippen LogP contribution in [0.3, 0.4) is 0 Å². The van der Waals surface area contributed by atoms with Crippen LogP contribution in [0.15, 0.2) is 0 Å². The van der Waals surface area contributed by atoms with Gasteiger partial charge >= 0.3 is 6.09 Å². The van der Waals surface area contributed by atoms with E-state index in [9.17, 15) is 4.79 Å². The van der Waals surface area contributed by atoms with Gasteiger partial charge in [0.15, 0.2) is 0 Å². The van der Waals surface area contributed by atoms with Crippen molar-refractivity contribution in [2.75, 3.05) is 0 Å². The third-order valence-electron chi connectivity index (χ3n) is 2.44. The van der Waals surface area contributed by atoms with E-state index in [1.165, 1.54) is 0 Å². The van der Waals surface area contributed by atoms with Gasteiger partial charge in [0.2, 0.25) is 0 Å². The molecule has 2 aliphatic rings. The molecule has 80 valence electrons.